The molecular weight excluding hydrogens is 471 g/mol. The van der Waals surface area contributed by atoms with Crippen molar-refractivity contribution >= 4 is 57.3 Å². The molecule has 0 spiro atoms. The Balaban J connectivity index is 1.91. The third-order valence-electron chi connectivity index (χ3n) is 4.79. The van der Waals surface area contributed by atoms with E-state index in [2.05, 4.69) is 10.6 Å². The van der Waals surface area contributed by atoms with Crippen molar-refractivity contribution in [3.05, 3.63) is 85.7 Å². The molecule has 2 amide bonds. The fraction of sp³-hybridized carbons (Fsp3) is 0.174. The molecule has 0 aliphatic heterocycles. The van der Waals surface area contributed by atoms with Crippen molar-refractivity contribution in [3.8, 4) is 0 Å². The maximum absolute atomic E-state index is 13.0. The number of rotatable bonds is 6. The molecule has 1 atom stereocenters. The van der Waals surface area contributed by atoms with Crippen LogP contribution in [0.15, 0.2) is 48.5 Å². The summed E-state index contributed by atoms with van der Waals surface area (Å²) in [6, 6.07) is 13.7. The highest BCUT2D eigenvalue weighted by molar-refractivity contribution is 7.18. The summed E-state index contributed by atoms with van der Waals surface area (Å²) in [4.78, 5) is 38.5. The van der Waals surface area contributed by atoms with Crippen molar-refractivity contribution in [1.82, 2.24) is 5.32 Å². The van der Waals surface area contributed by atoms with Gasteiger partial charge in [-0.1, -0.05) is 53.5 Å². The number of amides is 2. The van der Waals surface area contributed by atoms with Crippen LogP contribution in [-0.4, -0.2) is 24.9 Å². The van der Waals surface area contributed by atoms with Crippen LogP contribution in [0, 0.1) is 6.92 Å². The topological polar surface area (TPSA) is 84.5 Å². The summed E-state index contributed by atoms with van der Waals surface area (Å²) in [6.45, 7) is 3.50. The van der Waals surface area contributed by atoms with Gasteiger partial charge in [-0.25, -0.2) is 4.79 Å². The third kappa shape index (κ3) is 5.12. The second-order valence-electron chi connectivity index (χ2n) is 6.94. The van der Waals surface area contributed by atoms with Crippen LogP contribution in [0.25, 0.3) is 0 Å². The molecule has 0 aliphatic rings. The summed E-state index contributed by atoms with van der Waals surface area (Å²) < 4.78 is 4.87. The third-order valence-corrected chi connectivity index (χ3v) is 6.55. The molecule has 6 nitrogen and oxygen atoms in total. The van der Waals surface area contributed by atoms with Gasteiger partial charge in [-0.15, -0.1) is 11.3 Å². The van der Waals surface area contributed by atoms with Gasteiger partial charge in [0.25, 0.3) is 11.8 Å². The normalized spacial score (nSPS) is 11.5. The number of nitrogens with one attached hydrogen (secondary N) is 2. The zero-order valence-corrected chi connectivity index (χ0v) is 19.8. The van der Waals surface area contributed by atoms with Gasteiger partial charge in [0.15, 0.2) is 0 Å². The summed E-state index contributed by atoms with van der Waals surface area (Å²) >= 11 is 13.0. The fourth-order valence-electron chi connectivity index (χ4n) is 3.10. The number of methoxy groups -OCH3 is 1. The predicted molar refractivity (Wildman–Crippen MR) is 127 cm³/mol. The zero-order valence-electron chi connectivity index (χ0n) is 17.5. The highest BCUT2D eigenvalue weighted by Crippen LogP contribution is 2.35. The van der Waals surface area contributed by atoms with Crippen molar-refractivity contribution in [2.24, 2.45) is 0 Å². The Hall–Kier alpha value is -2.87. The van der Waals surface area contributed by atoms with Crippen LogP contribution in [-0.2, 0) is 4.74 Å². The van der Waals surface area contributed by atoms with E-state index in [0.717, 1.165) is 16.9 Å². The molecule has 0 aliphatic carbocycles. The summed E-state index contributed by atoms with van der Waals surface area (Å²) in [7, 11) is 1.23. The molecule has 3 rings (SSSR count). The fourth-order valence-corrected chi connectivity index (χ4v) is 4.68. The van der Waals surface area contributed by atoms with Crippen molar-refractivity contribution in [2.45, 2.75) is 19.9 Å². The number of hydrogen-bond acceptors (Lipinski definition) is 5. The largest absolute Gasteiger partial charge is 0.465 e. The molecule has 0 saturated heterocycles. The minimum absolute atomic E-state index is 0.119. The van der Waals surface area contributed by atoms with Gasteiger partial charge in [0.1, 0.15) is 5.00 Å². The Kier molecular flexibility index (Phi) is 7.56. The van der Waals surface area contributed by atoms with E-state index in [1.54, 1.807) is 6.92 Å². The van der Waals surface area contributed by atoms with E-state index in [1.807, 2.05) is 37.3 Å². The number of esters is 1. The van der Waals surface area contributed by atoms with Crippen LogP contribution < -0.4 is 10.6 Å². The van der Waals surface area contributed by atoms with Crippen molar-refractivity contribution in [3.63, 3.8) is 0 Å². The smallest absolute Gasteiger partial charge is 0.341 e. The Morgan fingerprint density at radius 1 is 1.03 bits per heavy atom. The molecule has 32 heavy (non-hydrogen) atoms. The molecule has 0 bridgehead atoms. The summed E-state index contributed by atoms with van der Waals surface area (Å²) in [5.41, 5.74) is 1.65. The van der Waals surface area contributed by atoms with E-state index in [9.17, 15) is 14.4 Å². The maximum Gasteiger partial charge on any atom is 0.341 e. The van der Waals surface area contributed by atoms with Crippen LogP contribution in [0.3, 0.4) is 0 Å². The van der Waals surface area contributed by atoms with E-state index in [-0.39, 0.29) is 33.1 Å². The van der Waals surface area contributed by atoms with E-state index >= 15 is 0 Å². The average Bonchev–Trinajstić information content (AvgIpc) is 3.09. The van der Waals surface area contributed by atoms with Crippen LogP contribution in [0.2, 0.25) is 10.0 Å². The molecule has 2 aromatic carbocycles. The van der Waals surface area contributed by atoms with E-state index in [0.29, 0.717) is 15.5 Å². The molecule has 1 aromatic heterocycles. The van der Waals surface area contributed by atoms with E-state index < -0.39 is 11.9 Å². The molecule has 166 valence electrons. The number of hydrogen-bond donors (Lipinski definition) is 2. The van der Waals surface area contributed by atoms with Gasteiger partial charge in [0, 0.05) is 5.02 Å². The van der Waals surface area contributed by atoms with Crippen LogP contribution in [0.5, 0.6) is 0 Å². The lowest BCUT2D eigenvalue weighted by Crippen LogP contribution is -2.26. The zero-order chi connectivity index (χ0) is 23.4. The average molecular weight is 491 g/mol. The van der Waals surface area contributed by atoms with Gasteiger partial charge < -0.3 is 15.4 Å². The molecule has 1 heterocycles. The van der Waals surface area contributed by atoms with Crippen molar-refractivity contribution in [2.75, 3.05) is 12.4 Å². The Morgan fingerprint density at radius 2 is 1.72 bits per heavy atom. The van der Waals surface area contributed by atoms with Crippen LogP contribution >= 0.6 is 34.5 Å². The second kappa shape index (κ2) is 10.2. The summed E-state index contributed by atoms with van der Waals surface area (Å²) in [5.74, 6) is -1.56. The Labute approximate surface area is 199 Å². The Morgan fingerprint density at radius 3 is 2.34 bits per heavy atom. The number of carbonyl (C=O) groups is 3. The molecule has 0 fully saturated rings. The number of carbonyl (C=O) groups excluding carboxylic acids is 3. The first-order valence-corrected chi connectivity index (χ1v) is 11.1. The van der Waals surface area contributed by atoms with Crippen LogP contribution in [0.1, 0.15) is 54.5 Å². The lowest BCUT2D eigenvalue weighted by molar-refractivity contribution is 0.0601. The van der Waals surface area contributed by atoms with Gasteiger partial charge in [-0.2, -0.15) is 0 Å². The lowest BCUT2D eigenvalue weighted by Gasteiger charge is -2.14. The van der Waals surface area contributed by atoms with Crippen LogP contribution in [0.4, 0.5) is 5.00 Å². The molecule has 0 saturated carbocycles. The van der Waals surface area contributed by atoms with Crippen molar-refractivity contribution in [1.29, 1.82) is 0 Å². The first-order valence-electron chi connectivity index (χ1n) is 9.56. The lowest BCUT2D eigenvalue weighted by atomic mass is 10.1. The van der Waals surface area contributed by atoms with Gasteiger partial charge in [0.05, 0.1) is 34.2 Å². The molecule has 2 N–H and O–H groups in total. The summed E-state index contributed by atoms with van der Waals surface area (Å²) in [5, 5.41) is 6.35. The molecule has 1 unspecified atom stereocenters. The minimum Gasteiger partial charge on any atom is -0.465 e. The van der Waals surface area contributed by atoms with Gasteiger partial charge >= 0.3 is 5.97 Å². The number of benzene rings is 2. The minimum atomic E-state index is -0.661. The van der Waals surface area contributed by atoms with E-state index in [4.69, 9.17) is 27.9 Å². The second-order valence-corrected chi connectivity index (χ2v) is 8.80. The van der Waals surface area contributed by atoms with E-state index in [1.165, 1.54) is 25.3 Å². The Bertz CT molecular complexity index is 1180. The van der Waals surface area contributed by atoms with Crippen molar-refractivity contribution < 1.29 is 19.1 Å². The molecule has 3 aromatic rings. The molecule has 0 radical (unpaired) electrons. The number of thiophene rings is 1. The quantitative estimate of drug-likeness (QED) is 0.421. The first kappa shape index (κ1) is 23.8. The standard InChI is InChI=1S/C23H20Cl2N2O4S/c1-12-18(23(30)31-3)22(27-20(28)16-10-9-15(24)11-17(16)25)32-19(12)21(29)26-13(2)14-7-5-4-6-8-14/h4-11,13H,1-3H3,(H,26,29)(H,27,28). The highest BCUT2D eigenvalue weighted by atomic mass is 35.5. The molecular formula is C23H20Cl2N2O4S. The molecule has 9 heteroatoms. The number of anilines is 1. The van der Waals surface area contributed by atoms with Gasteiger partial charge in [-0.3, -0.25) is 9.59 Å². The monoisotopic (exact) mass is 490 g/mol. The predicted octanol–water partition coefficient (Wildman–Crippen LogP) is 5.89. The number of ether oxygens (including phenoxy) is 1. The number of halogens is 2. The highest BCUT2D eigenvalue weighted by Gasteiger charge is 2.27. The SMILES string of the molecule is COC(=O)c1c(NC(=O)c2ccc(Cl)cc2Cl)sc(C(=O)NC(C)c2ccccc2)c1C. The first-order chi connectivity index (χ1) is 15.2. The summed E-state index contributed by atoms with van der Waals surface area (Å²) in [6.07, 6.45) is 0. The maximum atomic E-state index is 13.0. The van der Waals surface area contributed by atoms with Gasteiger partial charge in [-0.05, 0) is 43.2 Å². The van der Waals surface area contributed by atoms with Gasteiger partial charge in [0.2, 0.25) is 0 Å².